The van der Waals surface area contributed by atoms with Gasteiger partial charge in [0.1, 0.15) is 5.82 Å². The zero-order chi connectivity index (χ0) is 29.2. The molecule has 0 atom stereocenters. The molecule has 3 aromatic rings. The van der Waals surface area contributed by atoms with Gasteiger partial charge in [-0.15, -0.1) is 0 Å². The second-order valence-electron chi connectivity index (χ2n) is 9.55. The lowest BCUT2D eigenvalue weighted by Gasteiger charge is -2.33. The topological polar surface area (TPSA) is 106 Å². The van der Waals surface area contributed by atoms with E-state index in [2.05, 4.69) is 0 Å². The van der Waals surface area contributed by atoms with Crippen molar-refractivity contribution in [3.63, 3.8) is 0 Å². The second kappa shape index (κ2) is 11.5. The van der Waals surface area contributed by atoms with E-state index in [1.165, 1.54) is 18.2 Å². The van der Waals surface area contributed by atoms with Gasteiger partial charge in [-0.3, -0.25) is 14.5 Å². The van der Waals surface area contributed by atoms with Crippen LogP contribution in [0.5, 0.6) is 0 Å². The van der Waals surface area contributed by atoms with Crippen LogP contribution in [0.15, 0.2) is 59.5 Å². The fourth-order valence-corrected chi connectivity index (χ4v) is 6.17. The first-order chi connectivity index (χ1) is 18.8. The van der Waals surface area contributed by atoms with Gasteiger partial charge in [-0.05, 0) is 55.3 Å². The van der Waals surface area contributed by atoms with Crippen LogP contribution in [0.1, 0.15) is 37.7 Å². The van der Waals surface area contributed by atoms with E-state index in [0.29, 0.717) is 24.7 Å². The van der Waals surface area contributed by atoms with Crippen LogP contribution in [-0.2, 0) is 29.2 Å². The summed E-state index contributed by atoms with van der Waals surface area (Å²) in [7, 11) is -4.16. The van der Waals surface area contributed by atoms with E-state index >= 15 is 0 Å². The molecule has 0 radical (unpaired) electrons. The number of hydrogen-bond donors (Lipinski definition) is 1. The highest BCUT2D eigenvalue weighted by molar-refractivity contribution is 7.89. The van der Waals surface area contributed by atoms with Gasteiger partial charge in [0.25, 0.3) is 5.91 Å². The lowest BCUT2D eigenvalue weighted by molar-refractivity contribution is -0.137. The van der Waals surface area contributed by atoms with Crippen LogP contribution in [0, 0.1) is 12.7 Å². The van der Waals surface area contributed by atoms with Crippen LogP contribution in [0.2, 0.25) is 0 Å². The molecule has 0 spiro atoms. The molecule has 1 aliphatic heterocycles. The number of aryl methyl sites for hydroxylation is 1. The normalized spacial score (nSPS) is 15.3. The molecule has 2 aromatic carbocycles. The summed E-state index contributed by atoms with van der Waals surface area (Å²) in [4.78, 5) is 26.6. The van der Waals surface area contributed by atoms with Crippen molar-refractivity contribution in [1.29, 1.82) is 0 Å². The summed E-state index contributed by atoms with van der Waals surface area (Å²) in [6.07, 6.45) is -4.20. The molecule has 8 nitrogen and oxygen atoms in total. The Hall–Kier alpha value is -3.55. The molecule has 2 N–H and O–H groups in total. The second-order valence-corrected chi connectivity index (χ2v) is 11.5. The Bertz CT molecular complexity index is 1510. The Morgan fingerprint density at radius 2 is 1.62 bits per heavy atom. The summed E-state index contributed by atoms with van der Waals surface area (Å²) in [6.45, 7) is 2.30. The molecule has 4 rings (SSSR count). The average Bonchev–Trinajstić information content (AvgIpc) is 3.24. The molecule has 1 amide bonds. The molecule has 1 saturated heterocycles. The number of halogens is 4. The summed E-state index contributed by atoms with van der Waals surface area (Å²) in [5.74, 6) is -1.35. The summed E-state index contributed by atoms with van der Waals surface area (Å²) in [5, 5.41) is 0. The molecule has 214 valence electrons. The van der Waals surface area contributed by atoms with Crippen molar-refractivity contribution < 1.29 is 35.6 Å². The van der Waals surface area contributed by atoms with Gasteiger partial charge in [0.05, 0.1) is 28.3 Å². The van der Waals surface area contributed by atoms with E-state index in [1.54, 1.807) is 28.5 Å². The van der Waals surface area contributed by atoms with Gasteiger partial charge >= 0.3 is 6.18 Å². The van der Waals surface area contributed by atoms with E-state index in [0.717, 1.165) is 28.1 Å². The van der Waals surface area contributed by atoms with Crippen molar-refractivity contribution in [1.82, 2.24) is 13.8 Å². The lowest BCUT2D eigenvalue weighted by Crippen LogP contribution is -2.49. The third-order valence-corrected chi connectivity index (χ3v) is 8.85. The Kier molecular flexibility index (Phi) is 8.47. The molecule has 0 bridgehead atoms. The maximum Gasteiger partial charge on any atom is 0.416 e. The van der Waals surface area contributed by atoms with Crippen molar-refractivity contribution in [2.24, 2.45) is 5.73 Å². The molecule has 0 unspecified atom stereocenters. The van der Waals surface area contributed by atoms with Gasteiger partial charge < -0.3 is 10.3 Å². The smallest absolute Gasteiger partial charge is 0.366 e. The van der Waals surface area contributed by atoms with Crippen LogP contribution in [-0.4, -0.2) is 66.6 Å². The van der Waals surface area contributed by atoms with E-state index in [1.807, 2.05) is 0 Å². The average molecular weight is 581 g/mol. The molecular weight excluding hydrogens is 552 g/mol. The SMILES string of the molecule is Cc1c(C(N)=O)cc(C(=O)CN2CCN(S(=O)(=O)c3cccc(C(F)(F)F)c3)CC2)n1CCc1ccc(F)cc1. The van der Waals surface area contributed by atoms with E-state index < -0.39 is 32.6 Å². The summed E-state index contributed by atoms with van der Waals surface area (Å²) in [6, 6.07) is 11.0. The molecule has 0 aliphatic carbocycles. The Labute approximate surface area is 229 Å². The van der Waals surface area contributed by atoms with Gasteiger partial charge in [-0.25, -0.2) is 12.8 Å². The lowest BCUT2D eigenvalue weighted by atomic mass is 10.1. The number of primary amides is 1. The van der Waals surface area contributed by atoms with Crippen LogP contribution < -0.4 is 5.73 Å². The van der Waals surface area contributed by atoms with E-state index in [4.69, 9.17) is 5.73 Å². The minimum absolute atomic E-state index is 0.0109. The number of rotatable bonds is 9. The number of ketones is 1. The minimum atomic E-state index is -4.67. The highest BCUT2D eigenvalue weighted by Crippen LogP contribution is 2.31. The van der Waals surface area contributed by atoms with E-state index in [9.17, 15) is 35.6 Å². The van der Waals surface area contributed by atoms with Gasteiger partial charge in [0.2, 0.25) is 10.0 Å². The number of Topliss-reactive ketones (excluding diaryl/α,β-unsaturated/α-hetero) is 1. The number of carbonyl (C=O) groups is 2. The van der Waals surface area contributed by atoms with Gasteiger partial charge in [-0.1, -0.05) is 18.2 Å². The number of amides is 1. The first-order valence-electron chi connectivity index (χ1n) is 12.4. The van der Waals surface area contributed by atoms with Crippen LogP contribution in [0.3, 0.4) is 0 Å². The number of alkyl halides is 3. The van der Waals surface area contributed by atoms with Gasteiger partial charge in [-0.2, -0.15) is 17.5 Å². The Balaban J connectivity index is 1.44. The zero-order valence-corrected chi connectivity index (χ0v) is 22.4. The van der Waals surface area contributed by atoms with Crippen molar-refractivity contribution >= 4 is 21.7 Å². The largest absolute Gasteiger partial charge is 0.416 e. The molecular formula is C27H28F4N4O4S. The summed E-state index contributed by atoms with van der Waals surface area (Å²) >= 11 is 0. The highest BCUT2D eigenvalue weighted by atomic mass is 32.2. The number of carbonyl (C=O) groups excluding carboxylic acids is 2. The quantitative estimate of drug-likeness (QED) is 0.308. The maximum absolute atomic E-state index is 13.3. The first kappa shape index (κ1) is 29.4. The van der Waals surface area contributed by atoms with Crippen molar-refractivity contribution in [3.05, 3.63) is 88.5 Å². The molecule has 13 heteroatoms. The van der Waals surface area contributed by atoms with Crippen molar-refractivity contribution in [2.75, 3.05) is 32.7 Å². The third-order valence-electron chi connectivity index (χ3n) is 6.95. The number of nitrogens with zero attached hydrogens (tertiary/aromatic N) is 3. The highest BCUT2D eigenvalue weighted by Gasteiger charge is 2.34. The molecule has 2 heterocycles. The van der Waals surface area contributed by atoms with Crippen molar-refractivity contribution in [3.8, 4) is 0 Å². The number of hydrogen-bond acceptors (Lipinski definition) is 5. The van der Waals surface area contributed by atoms with Gasteiger partial charge in [0, 0.05) is 38.4 Å². The molecule has 1 aromatic heterocycles. The predicted molar refractivity (Wildman–Crippen MR) is 139 cm³/mol. The molecule has 1 aliphatic rings. The van der Waals surface area contributed by atoms with E-state index in [-0.39, 0.29) is 55.6 Å². The van der Waals surface area contributed by atoms with Crippen LogP contribution >= 0.6 is 0 Å². The van der Waals surface area contributed by atoms with Gasteiger partial charge in [0.15, 0.2) is 5.78 Å². The van der Waals surface area contributed by atoms with Crippen molar-refractivity contribution in [2.45, 2.75) is 31.0 Å². The number of nitrogens with two attached hydrogens (primary N) is 1. The predicted octanol–water partition coefficient (Wildman–Crippen LogP) is 3.49. The van der Waals surface area contributed by atoms with Crippen LogP contribution in [0.25, 0.3) is 0 Å². The third kappa shape index (κ3) is 6.43. The molecule has 0 saturated carbocycles. The number of piperazine rings is 1. The number of benzene rings is 2. The Morgan fingerprint density at radius 3 is 2.23 bits per heavy atom. The Morgan fingerprint density at radius 1 is 0.975 bits per heavy atom. The zero-order valence-electron chi connectivity index (χ0n) is 21.6. The summed E-state index contributed by atoms with van der Waals surface area (Å²) < 4.78 is 81.2. The summed E-state index contributed by atoms with van der Waals surface area (Å²) in [5.41, 5.74) is 6.29. The molecule has 40 heavy (non-hydrogen) atoms. The van der Waals surface area contributed by atoms with Crippen LogP contribution in [0.4, 0.5) is 17.6 Å². The first-order valence-corrected chi connectivity index (χ1v) is 13.9. The fraction of sp³-hybridized carbons (Fsp3) is 0.333. The molecule has 1 fully saturated rings. The number of sulfonamides is 1. The maximum atomic E-state index is 13.3. The minimum Gasteiger partial charge on any atom is -0.366 e. The fourth-order valence-electron chi connectivity index (χ4n) is 4.70. The standard InChI is InChI=1S/C27H28F4N4O4S/c1-18-23(26(32)37)16-24(35(18)10-9-19-5-7-21(28)8-6-19)25(36)17-33-11-13-34(14-12-33)40(38,39)22-4-2-3-20(15-22)27(29,30)31/h2-8,15-16H,9-14,17H2,1H3,(H2,32,37). The monoisotopic (exact) mass is 580 g/mol. The number of aromatic nitrogens is 1.